The van der Waals surface area contributed by atoms with Gasteiger partial charge >= 0.3 is 5.97 Å². The van der Waals surface area contributed by atoms with Crippen LogP contribution in [0.25, 0.3) is 0 Å². The average Bonchev–Trinajstić information content (AvgIpc) is 3.18. The van der Waals surface area contributed by atoms with Crippen LogP contribution in [0.15, 0.2) is 34.8 Å². The first-order chi connectivity index (χ1) is 12.5. The van der Waals surface area contributed by atoms with E-state index >= 15 is 0 Å². The van der Waals surface area contributed by atoms with Crippen molar-refractivity contribution < 1.29 is 14.3 Å². The second kappa shape index (κ2) is 9.16. The van der Waals surface area contributed by atoms with Crippen LogP contribution in [0.3, 0.4) is 0 Å². The second-order valence-corrected chi connectivity index (χ2v) is 8.83. The molecule has 1 aromatic carbocycles. The molecular formula is C22H28BrFO2. The number of hydrogen-bond acceptors (Lipinski definition) is 1. The Labute approximate surface area is 164 Å². The van der Waals surface area contributed by atoms with Gasteiger partial charge in [0.2, 0.25) is 0 Å². The third kappa shape index (κ3) is 4.97. The van der Waals surface area contributed by atoms with Crippen LogP contribution in [0, 0.1) is 29.5 Å². The Bertz CT molecular complexity index is 658. The van der Waals surface area contributed by atoms with Crippen LogP contribution < -0.4 is 0 Å². The van der Waals surface area contributed by atoms with E-state index in [4.69, 9.17) is 5.11 Å². The summed E-state index contributed by atoms with van der Waals surface area (Å²) in [6, 6.07) is 5.36. The largest absolute Gasteiger partial charge is 0.481 e. The maximum absolute atomic E-state index is 14.0. The van der Waals surface area contributed by atoms with E-state index in [-0.39, 0.29) is 12.2 Å². The van der Waals surface area contributed by atoms with E-state index in [2.05, 4.69) is 28.1 Å². The molecule has 26 heavy (non-hydrogen) atoms. The zero-order valence-electron chi connectivity index (χ0n) is 15.2. The highest BCUT2D eigenvalue weighted by molar-refractivity contribution is 9.10. The van der Waals surface area contributed by atoms with Gasteiger partial charge in [0, 0.05) is 10.9 Å². The normalized spacial score (nSPS) is 27.5. The smallest absolute Gasteiger partial charge is 0.303 e. The maximum atomic E-state index is 14.0. The van der Waals surface area contributed by atoms with Crippen LogP contribution in [-0.2, 0) is 11.2 Å². The van der Waals surface area contributed by atoms with Crippen molar-refractivity contribution in [3.63, 3.8) is 0 Å². The zero-order valence-corrected chi connectivity index (χ0v) is 16.8. The van der Waals surface area contributed by atoms with Gasteiger partial charge in [-0.2, -0.15) is 0 Å². The number of fused-ring (bicyclic) bond motifs is 2. The number of rotatable bonds is 9. The number of halogens is 2. The lowest BCUT2D eigenvalue weighted by atomic mass is 9.76. The minimum Gasteiger partial charge on any atom is -0.481 e. The van der Waals surface area contributed by atoms with Crippen molar-refractivity contribution in [1.82, 2.24) is 0 Å². The molecule has 1 aromatic rings. The molecule has 0 aromatic heterocycles. The highest BCUT2D eigenvalue weighted by Gasteiger charge is 2.45. The second-order valence-electron chi connectivity index (χ2n) is 7.92. The van der Waals surface area contributed by atoms with E-state index in [1.165, 1.54) is 25.7 Å². The van der Waals surface area contributed by atoms with Gasteiger partial charge in [-0.05, 0) is 92.7 Å². The summed E-state index contributed by atoms with van der Waals surface area (Å²) in [6.45, 7) is 0. The zero-order chi connectivity index (χ0) is 18.5. The van der Waals surface area contributed by atoms with Crippen molar-refractivity contribution in [2.45, 2.75) is 57.8 Å². The summed E-state index contributed by atoms with van der Waals surface area (Å²) in [5.41, 5.74) is 0.817. The molecule has 2 aliphatic rings. The number of carboxylic acids is 1. The highest BCUT2D eigenvalue weighted by Crippen LogP contribution is 2.54. The fraction of sp³-hybridized carbons (Fsp3) is 0.591. The number of carbonyl (C=O) groups is 1. The first kappa shape index (κ1) is 19.6. The minimum atomic E-state index is -0.712. The van der Waals surface area contributed by atoms with Crippen molar-refractivity contribution in [2.24, 2.45) is 23.7 Å². The number of aliphatic carboxylic acids is 1. The Morgan fingerprint density at radius 2 is 2.08 bits per heavy atom. The molecule has 0 saturated heterocycles. The molecule has 0 spiro atoms. The summed E-state index contributed by atoms with van der Waals surface area (Å²) in [4.78, 5) is 10.6. The lowest BCUT2D eigenvalue weighted by Gasteiger charge is -2.29. The van der Waals surface area contributed by atoms with Gasteiger partial charge in [0.25, 0.3) is 0 Å². The molecule has 0 amide bonds. The number of benzene rings is 1. The summed E-state index contributed by atoms with van der Waals surface area (Å²) < 4.78 is 14.8. The van der Waals surface area contributed by atoms with Gasteiger partial charge in [-0.1, -0.05) is 34.1 Å². The Morgan fingerprint density at radius 3 is 2.85 bits per heavy atom. The monoisotopic (exact) mass is 422 g/mol. The first-order valence-corrected chi connectivity index (χ1v) is 10.7. The van der Waals surface area contributed by atoms with Crippen LogP contribution in [0.4, 0.5) is 4.39 Å². The lowest BCUT2D eigenvalue weighted by Crippen LogP contribution is -2.21. The quantitative estimate of drug-likeness (QED) is 0.369. The van der Waals surface area contributed by atoms with Gasteiger partial charge < -0.3 is 5.11 Å². The fourth-order valence-corrected chi connectivity index (χ4v) is 5.39. The van der Waals surface area contributed by atoms with Crippen LogP contribution in [0.1, 0.15) is 56.9 Å². The van der Waals surface area contributed by atoms with E-state index in [1.54, 1.807) is 6.07 Å². The minimum absolute atomic E-state index is 0.109. The van der Waals surface area contributed by atoms with Crippen molar-refractivity contribution in [1.29, 1.82) is 0 Å². The number of hydrogen-bond donors (Lipinski definition) is 1. The van der Waals surface area contributed by atoms with Crippen molar-refractivity contribution in [3.05, 3.63) is 46.2 Å². The Balaban J connectivity index is 1.50. The predicted octanol–water partition coefficient (Wildman–Crippen LogP) is 6.38. The van der Waals surface area contributed by atoms with Gasteiger partial charge in [-0.15, -0.1) is 0 Å². The Kier molecular flexibility index (Phi) is 6.91. The van der Waals surface area contributed by atoms with E-state index in [0.29, 0.717) is 5.92 Å². The van der Waals surface area contributed by atoms with Crippen molar-refractivity contribution in [3.8, 4) is 0 Å². The SMILES string of the molecule is O=C(O)CCC/C=C\[C@H]1[C@H]2CC[C@H](C2)[C@@H]1CCCc1ccc(Br)cc1F. The number of unbranched alkanes of at least 4 members (excludes halogenated alkanes) is 1. The topological polar surface area (TPSA) is 37.3 Å². The van der Waals surface area contributed by atoms with Gasteiger partial charge in [0.05, 0.1) is 0 Å². The molecule has 4 atom stereocenters. The van der Waals surface area contributed by atoms with E-state index in [0.717, 1.165) is 53.5 Å². The van der Waals surface area contributed by atoms with Gasteiger partial charge in [-0.3, -0.25) is 4.79 Å². The van der Waals surface area contributed by atoms with Crippen LogP contribution in [-0.4, -0.2) is 11.1 Å². The standard InChI is InChI=1S/C22H28BrFO2/c23-18-12-11-15(21(24)14-18)5-4-7-20-17-10-9-16(13-17)19(20)6-2-1-3-8-22(25)26/h2,6,11-12,14,16-17,19-20H,1,3-5,7-10,13H2,(H,25,26)/b6-2-/t16-,17+,19-,20-/m0/s1. The Hall–Kier alpha value is -1.16. The Morgan fingerprint density at radius 1 is 1.27 bits per heavy atom. The molecule has 2 saturated carbocycles. The van der Waals surface area contributed by atoms with Crippen molar-refractivity contribution in [2.75, 3.05) is 0 Å². The molecule has 0 unspecified atom stereocenters. The molecule has 3 rings (SSSR count). The summed E-state index contributed by atoms with van der Waals surface area (Å²) in [5.74, 6) is 2.20. The van der Waals surface area contributed by atoms with E-state index < -0.39 is 5.97 Å². The number of aryl methyl sites for hydroxylation is 1. The molecule has 2 fully saturated rings. The first-order valence-electron chi connectivity index (χ1n) is 9.87. The van der Waals surface area contributed by atoms with Crippen molar-refractivity contribution >= 4 is 21.9 Å². The van der Waals surface area contributed by atoms with E-state index in [9.17, 15) is 9.18 Å². The fourth-order valence-electron chi connectivity index (χ4n) is 5.06. The third-order valence-electron chi connectivity index (χ3n) is 6.28. The molecule has 0 heterocycles. The molecular weight excluding hydrogens is 395 g/mol. The molecule has 1 N–H and O–H groups in total. The summed E-state index contributed by atoms with van der Waals surface area (Å²) in [6.07, 6.45) is 13.5. The summed E-state index contributed by atoms with van der Waals surface area (Å²) in [7, 11) is 0. The molecule has 2 bridgehead atoms. The number of allylic oxidation sites excluding steroid dienone is 2. The highest BCUT2D eigenvalue weighted by atomic mass is 79.9. The molecule has 2 aliphatic carbocycles. The maximum Gasteiger partial charge on any atom is 0.303 e. The van der Waals surface area contributed by atoms with Crippen LogP contribution in [0.2, 0.25) is 0 Å². The van der Waals surface area contributed by atoms with Gasteiger partial charge in [-0.25, -0.2) is 4.39 Å². The molecule has 0 radical (unpaired) electrons. The average molecular weight is 423 g/mol. The van der Waals surface area contributed by atoms with Crippen LogP contribution >= 0.6 is 15.9 Å². The molecule has 2 nitrogen and oxygen atoms in total. The predicted molar refractivity (Wildman–Crippen MR) is 105 cm³/mol. The molecule has 142 valence electrons. The van der Waals surface area contributed by atoms with Gasteiger partial charge in [0.15, 0.2) is 0 Å². The van der Waals surface area contributed by atoms with E-state index in [1.807, 2.05) is 12.1 Å². The van der Waals surface area contributed by atoms with Gasteiger partial charge in [0.1, 0.15) is 5.82 Å². The van der Waals surface area contributed by atoms with Crippen LogP contribution in [0.5, 0.6) is 0 Å². The molecule has 0 aliphatic heterocycles. The lowest BCUT2D eigenvalue weighted by molar-refractivity contribution is -0.137. The molecule has 4 heteroatoms. The third-order valence-corrected chi connectivity index (χ3v) is 6.77. The number of carboxylic acid groups (broad SMARTS) is 1. The summed E-state index contributed by atoms with van der Waals surface area (Å²) in [5, 5.41) is 8.72. The summed E-state index contributed by atoms with van der Waals surface area (Å²) >= 11 is 3.31.